The minimum Gasteiger partial charge on any atom is -0.436 e. The van der Waals surface area contributed by atoms with E-state index in [2.05, 4.69) is 149 Å². The van der Waals surface area contributed by atoms with E-state index in [-0.39, 0.29) is 0 Å². The Morgan fingerprint density at radius 2 is 1.04 bits per heavy atom. The van der Waals surface area contributed by atoms with Gasteiger partial charge >= 0.3 is 0 Å². The second-order valence-corrected chi connectivity index (χ2v) is 12.7. The van der Waals surface area contributed by atoms with Gasteiger partial charge < -0.3 is 8.98 Å². The molecule has 4 aromatic heterocycles. The van der Waals surface area contributed by atoms with E-state index in [1.54, 1.807) is 0 Å². The molecule has 0 bridgehead atoms. The van der Waals surface area contributed by atoms with Crippen molar-refractivity contribution in [2.75, 3.05) is 0 Å². The first kappa shape index (κ1) is 26.4. The number of nitrogens with zero attached hydrogens (tertiary/aromatic N) is 4. The zero-order valence-electron chi connectivity index (χ0n) is 26.2. The van der Waals surface area contributed by atoms with Gasteiger partial charge in [-0.15, -0.1) is 0 Å². The Bertz CT molecular complexity index is 3110. The van der Waals surface area contributed by atoms with Crippen LogP contribution < -0.4 is 0 Å². The minimum absolute atomic E-state index is 0.536. The Morgan fingerprint density at radius 1 is 0.449 bits per heavy atom. The van der Waals surface area contributed by atoms with Crippen molar-refractivity contribution in [3.05, 3.63) is 158 Å². The van der Waals surface area contributed by atoms with Gasteiger partial charge in [0.15, 0.2) is 5.82 Å². The third kappa shape index (κ3) is 3.75. The van der Waals surface area contributed by atoms with Crippen molar-refractivity contribution in [3.63, 3.8) is 0 Å². The lowest BCUT2D eigenvalue weighted by Crippen LogP contribution is -1.98. The highest BCUT2D eigenvalue weighted by atomic mass is 16.3. The average Bonchev–Trinajstić information content (AvgIpc) is 3.82. The van der Waals surface area contributed by atoms with Crippen LogP contribution in [0, 0.1) is 0 Å². The number of para-hydroxylation sites is 3. The third-order valence-electron chi connectivity index (χ3n) is 9.98. The summed E-state index contributed by atoms with van der Waals surface area (Å²) in [5.41, 5.74) is 10.2. The molecule has 11 aromatic rings. The monoisotopic (exact) mass is 626 g/mol. The standard InChI is InChI=1S/C44H26N4O/c1-2-11-30(12-3-1)47-37-16-8-6-14-32(37)35-24-28(19-22-39(35)47)29-20-23-40-36(25-29)33-15-7-9-17-38(33)48(40)41-26-45-42-34-21-18-27-10-4-5-13-31(27)43(34)49-44(42)46-41/h1-26H. The van der Waals surface area contributed by atoms with Gasteiger partial charge in [0.05, 0.1) is 28.3 Å². The van der Waals surface area contributed by atoms with Crippen LogP contribution in [-0.2, 0) is 0 Å². The normalized spacial score (nSPS) is 12.1. The lowest BCUT2D eigenvalue weighted by Gasteiger charge is -2.09. The van der Waals surface area contributed by atoms with E-state index < -0.39 is 0 Å². The molecular formula is C44H26N4O. The summed E-state index contributed by atoms with van der Waals surface area (Å²) in [6.07, 6.45) is 1.86. The van der Waals surface area contributed by atoms with Crippen molar-refractivity contribution < 1.29 is 4.42 Å². The molecule has 0 aliphatic carbocycles. The van der Waals surface area contributed by atoms with Crippen molar-refractivity contribution in [2.45, 2.75) is 0 Å². The molecule has 0 unspecified atom stereocenters. The maximum atomic E-state index is 6.41. The lowest BCUT2D eigenvalue weighted by molar-refractivity contribution is 0.655. The van der Waals surface area contributed by atoms with Gasteiger partial charge in [-0.25, -0.2) is 4.98 Å². The van der Waals surface area contributed by atoms with Crippen LogP contribution in [0.3, 0.4) is 0 Å². The molecule has 7 aromatic carbocycles. The number of furan rings is 1. The third-order valence-corrected chi connectivity index (χ3v) is 9.98. The summed E-state index contributed by atoms with van der Waals surface area (Å²) in [6.45, 7) is 0. The van der Waals surface area contributed by atoms with E-state index in [0.717, 1.165) is 55.2 Å². The van der Waals surface area contributed by atoms with Gasteiger partial charge in [-0.3, -0.25) is 4.57 Å². The molecule has 0 radical (unpaired) electrons. The summed E-state index contributed by atoms with van der Waals surface area (Å²) in [7, 11) is 0. The van der Waals surface area contributed by atoms with Crippen molar-refractivity contribution >= 4 is 76.6 Å². The van der Waals surface area contributed by atoms with Crippen LogP contribution in [0.4, 0.5) is 0 Å². The quantitative estimate of drug-likeness (QED) is 0.196. The van der Waals surface area contributed by atoms with Gasteiger partial charge in [-0.1, -0.05) is 97.1 Å². The number of rotatable bonds is 3. The highest BCUT2D eigenvalue weighted by Crippen LogP contribution is 2.39. The molecule has 0 amide bonds. The molecule has 49 heavy (non-hydrogen) atoms. The Hall–Kier alpha value is -6.72. The molecular weight excluding hydrogens is 601 g/mol. The maximum absolute atomic E-state index is 6.41. The zero-order chi connectivity index (χ0) is 32.1. The molecule has 0 aliphatic rings. The predicted octanol–water partition coefficient (Wildman–Crippen LogP) is 11.4. The lowest BCUT2D eigenvalue weighted by atomic mass is 10.0. The topological polar surface area (TPSA) is 48.8 Å². The van der Waals surface area contributed by atoms with E-state index in [4.69, 9.17) is 14.4 Å². The second-order valence-electron chi connectivity index (χ2n) is 12.7. The first-order valence-corrected chi connectivity index (χ1v) is 16.5. The summed E-state index contributed by atoms with van der Waals surface area (Å²) < 4.78 is 11.0. The smallest absolute Gasteiger partial charge is 0.248 e. The van der Waals surface area contributed by atoms with Gasteiger partial charge in [0.1, 0.15) is 11.1 Å². The Labute approximate surface area is 279 Å². The van der Waals surface area contributed by atoms with Gasteiger partial charge in [0, 0.05) is 38.0 Å². The summed E-state index contributed by atoms with van der Waals surface area (Å²) in [5.74, 6) is 0.727. The van der Waals surface area contributed by atoms with Gasteiger partial charge in [0.2, 0.25) is 5.71 Å². The minimum atomic E-state index is 0.536. The molecule has 4 heterocycles. The number of aromatic nitrogens is 4. The number of hydrogen-bond donors (Lipinski definition) is 0. The van der Waals surface area contributed by atoms with E-state index >= 15 is 0 Å². The molecule has 5 heteroatoms. The number of hydrogen-bond acceptors (Lipinski definition) is 3. The van der Waals surface area contributed by atoms with E-state index in [1.807, 2.05) is 18.3 Å². The number of benzene rings is 7. The van der Waals surface area contributed by atoms with Crippen LogP contribution in [0.2, 0.25) is 0 Å². The van der Waals surface area contributed by atoms with Crippen molar-refractivity contribution in [1.82, 2.24) is 19.1 Å². The molecule has 0 atom stereocenters. The molecule has 228 valence electrons. The molecule has 0 fully saturated rings. The fraction of sp³-hybridized carbons (Fsp3) is 0. The fourth-order valence-corrected chi connectivity index (χ4v) is 7.77. The summed E-state index contributed by atoms with van der Waals surface area (Å²) >= 11 is 0. The van der Waals surface area contributed by atoms with Gasteiger partial charge in [0.25, 0.3) is 0 Å². The second kappa shape index (κ2) is 9.89. The molecule has 11 rings (SSSR count). The summed E-state index contributed by atoms with van der Waals surface area (Å²) in [5, 5.41) is 7.98. The molecule has 5 nitrogen and oxygen atoms in total. The highest BCUT2D eigenvalue weighted by molar-refractivity contribution is 6.14. The number of fused-ring (bicyclic) bond motifs is 11. The first-order chi connectivity index (χ1) is 24.3. The van der Waals surface area contributed by atoms with Crippen molar-refractivity contribution in [3.8, 4) is 22.6 Å². The largest absolute Gasteiger partial charge is 0.436 e. The molecule has 0 N–H and O–H groups in total. The average molecular weight is 627 g/mol. The summed E-state index contributed by atoms with van der Waals surface area (Å²) in [6, 6.07) is 53.8. The predicted molar refractivity (Wildman–Crippen MR) is 201 cm³/mol. The SMILES string of the molecule is c1ccc(-n2c3ccccc3c3cc(-c4ccc5c(c4)c4ccccc4n5-c4cnc5c(n4)oc4c6ccccc6ccc54)ccc32)cc1. The first-order valence-electron chi connectivity index (χ1n) is 16.5. The highest BCUT2D eigenvalue weighted by Gasteiger charge is 2.19. The van der Waals surface area contributed by atoms with E-state index in [0.29, 0.717) is 5.71 Å². The van der Waals surface area contributed by atoms with Crippen LogP contribution in [0.15, 0.2) is 162 Å². The Kier molecular flexibility index (Phi) is 5.32. The Balaban J connectivity index is 1.09. The van der Waals surface area contributed by atoms with Crippen LogP contribution in [0.5, 0.6) is 0 Å². The van der Waals surface area contributed by atoms with E-state index in [1.165, 1.54) is 38.3 Å². The molecule has 0 aliphatic heterocycles. The van der Waals surface area contributed by atoms with E-state index in [9.17, 15) is 0 Å². The van der Waals surface area contributed by atoms with Crippen molar-refractivity contribution in [2.24, 2.45) is 0 Å². The van der Waals surface area contributed by atoms with Crippen LogP contribution in [0.25, 0.3) is 99.2 Å². The van der Waals surface area contributed by atoms with Crippen LogP contribution in [0.1, 0.15) is 0 Å². The fourth-order valence-electron chi connectivity index (χ4n) is 7.77. The van der Waals surface area contributed by atoms with Crippen LogP contribution in [-0.4, -0.2) is 19.1 Å². The zero-order valence-corrected chi connectivity index (χ0v) is 26.2. The van der Waals surface area contributed by atoms with Crippen molar-refractivity contribution in [1.29, 1.82) is 0 Å². The molecule has 0 saturated heterocycles. The Morgan fingerprint density at radius 3 is 1.78 bits per heavy atom. The molecule has 0 spiro atoms. The van der Waals surface area contributed by atoms with Crippen LogP contribution >= 0.6 is 0 Å². The van der Waals surface area contributed by atoms with Gasteiger partial charge in [-0.05, 0) is 71.1 Å². The summed E-state index contributed by atoms with van der Waals surface area (Å²) in [4.78, 5) is 9.97. The molecule has 0 saturated carbocycles. The maximum Gasteiger partial charge on any atom is 0.248 e. The van der Waals surface area contributed by atoms with Gasteiger partial charge in [-0.2, -0.15) is 4.98 Å².